The third-order valence-corrected chi connectivity index (χ3v) is 6.52. The van der Waals surface area contributed by atoms with Crippen molar-refractivity contribution in [2.75, 3.05) is 13.1 Å². The number of benzene rings is 1. The van der Waals surface area contributed by atoms with Gasteiger partial charge in [-0.1, -0.05) is 55.7 Å². The maximum Gasteiger partial charge on any atom is 0.317 e. The lowest BCUT2D eigenvalue weighted by atomic mass is 9.93. The van der Waals surface area contributed by atoms with Crippen LogP contribution in [0.2, 0.25) is 0 Å². The minimum atomic E-state index is -0.227. The Kier molecular flexibility index (Phi) is 7.18. The summed E-state index contributed by atoms with van der Waals surface area (Å²) in [4.78, 5) is 31.8. The van der Waals surface area contributed by atoms with E-state index in [4.69, 9.17) is 0 Å². The van der Waals surface area contributed by atoms with E-state index in [0.29, 0.717) is 32.0 Å². The zero-order valence-corrected chi connectivity index (χ0v) is 18.0. The predicted molar refractivity (Wildman–Crippen MR) is 120 cm³/mol. The monoisotopic (exact) mass is 420 g/mol. The number of pyridine rings is 1. The summed E-state index contributed by atoms with van der Waals surface area (Å²) in [6.07, 6.45) is 10.8. The molecule has 0 radical (unpaired) electrons. The van der Waals surface area contributed by atoms with Crippen LogP contribution in [0.15, 0.2) is 54.9 Å². The lowest BCUT2D eigenvalue weighted by Crippen LogP contribution is -2.50. The highest BCUT2D eigenvalue weighted by Crippen LogP contribution is 2.24. The molecule has 1 aromatic carbocycles. The number of carbonyl (C=O) groups excluding carboxylic acids is 2. The van der Waals surface area contributed by atoms with Gasteiger partial charge in [0.1, 0.15) is 0 Å². The van der Waals surface area contributed by atoms with E-state index in [-0.39, 0.29) is 23.9 Å². The van der Waals surface area contributed by atoms with E-state index in [0.717, 1.165) is 24.0 Å². The molecule has 2 N–H and O–H groups in total. The van der Waals surface area contributed by atoms with Gasteiger partial charge in [-0.15, -0.1) is 0 Å². The Morgan fingerprint density at radius 2 is 1.61 bits per heavy atom. The van der Waals surface area contributed by atoms with E-state index in [1.165, 1.54) is 19.3 Å². The largest absolute Gasteiger partial charge is 0.345 e. The summed E-state index contributed by atoms with van der Waals surface area (Å²) in [5.41, 5.74) is 2.00. The number of amides is 3. The van der Waals surface area contributed by atoms with Crippen LogP contribution in [0, 0.1) is 5.92 Å². The quantitative estimate of drug-likeness (QED) is 0.767. The van der Waals surface area contributed by atoms with Gasteiger partial charge < -0.3 is 15.5 Å². The molecule has 2 fully saturated rings. The Morgan fingerprint density at radius 3 is 2.29 bits per heavy atom. The van der Waals surface area contributed by atoms with Crippen molar-refractivity contribution >= 4 is 11.9 Å². The third kappa shape index (κ3) is 5.63. The molecule has 4 rings (SSSR count). The summed E-state index contributed by atoms with van der Waals surface area (Å²) in [5, 5.41) is 6.42. The minimum absolute atomic E-state index is 0.0308. The second-order valence-corrected chi connectivity index (χ2v) is 8.68. The molecule has 1 aliphatic carbocycles. The van der Waals surface area contributed by atoms with Crippen LogP contribution >= 0.6 is 0 Å². The van der Waals surface area contributed by atoms with Gasteiger partial charge in [-0.25, -0.2) is 4.79 Å². The standard InChI is InChI=1S/C25H32N4O2/c30-24(28-23(19-8-3-1-4-9-19)21-10-7-15-26-18-21)20-13-16-29(17-14-20)25(31)27-22-11-5-2-6-12-22/h1,3-4,7-10,15,18,20,22-23H,2,5-6,11-14,16-17H2,(H,27,31)(H,28,30). The molecule has 1 aliphatic heterocycles. The number of rotatable bonds is 5. The van der Waals surface area contributed by atoms with E-state index >= 15 is 0 Å². The van der Waals surface area contributed by atoms with E-state index in [1.807, 2.05) is 47.4 Å². The van der Waals surface area contributed by atoms with Gasteiger partial charge in [0.05, 0.1) is 6.04 Å². The van der Waals surface area contributed by atoms with Crippen molar-refractivity contribution in [3.8, 4) is 0 Å². The van der Waals surface area contributed by atoms with Crippen molar-refractivity contribution in [3.05, 3.63) is 66.0 Å². The SMILES string of the molecule is O=C(NC(c1ccccc1)c1cccnc1)C1CCN(C(=O)NC2CCCCC2)CC1. The van der Waals surface area contributed by atoms with Gasteiger partial charge in [0.25, 0.3) is 0 Å². The Bertz CT molecular complexity index is 805. The molecule has 1 unspecified atom stereocenters. The van der Waals surface area contributed by atoms with Crippen LogP contribution in [0.3, 0.4) is 0 Å². The normalized spacial score (nSPS) is 18.9. The van der Waals surface area contributed by atoms with Crippen molar-refractivity contribution < 1.29 is 9.59 Å². The number of piperidine rings is 1. The second-order valence-electron chi connectivity index (χ2n) is 8.68. The molecule has 6 nitrogen and oxygen atoms in total. The summed E-state index contributed by atoms with van der Waals surface area (Å²) < 4.78 is 0. The van der Waals surface area contributed by atoms with Crippen LogP contribution in [0.4, 0.5) is 4.79 Å². The van der Waals surface area contributed by atoms with E-state index in [2.05, 4.69) is 15.6 Å². The molecule has 2 aliphatic rings. The third-order valence-electron chi connectivity index (χ3n) is 6.52. The summed E-state index contributed by atoms with van der Waals surface area (Å²) >= 11 is 0. The van der Waals surface area contributed by atoms with Crippen LogP contribution in [0.1, 0.15) is 62.1 Å². The van der Waals surface area contributed by atoms with Gasteiger partial charge in [0.2, 0.25) is 5.91 Å². The maximum absolute atomic E-state index is 13.1. The van der Waals surface area contributed by atoms with Gasteiger partial charge in [0.15, 0.2) is 0 Å². The molecule has 2 heterocycles. The van der Waals surface area contributed by atoms with E-state index in [9.17, 15) is 9.59 Å². The fourth-order valence-electron chi connectivity index (χ4n) is 4.67. The number of likely N-dealkylation sites (tertiary alicyclic amines) is 1. The number of urea groups is 1. The Labute approximate surface area is 184 Å². The number of aromatic nitrogens is 1. The first-order valence-electron chi connectivity index (χ1n) is 11.5. The fraction of sp³-hybridized carbons (Fsp3) is 0.480. The second kappa shape index (κ2) is 10.4. The van der Waals surface area contributed by atoms with Gasteiger partial charge in [-0.05, 0) is 42.9 Å². The molecule has 0 spiro atoms. The Hall–Kier alpha value is -2.89. The summed E-state index contributed by atoms with van der Waals surface area (Å²) in [5.74, 6) is -0.0355. The van der Waals surface area contributed by atoms with Crippen molar-refractivity contribution in [2.24, 2.45) is 5.92 Å². The number of nitrogens with zero attached hydrogens (tertiary/aromatic N) is 2. The van der Waals surface area contributed by atoms with E-state index < -0.39 is 0 Å². The Morgan fingerprint density at radius 1 is 0.903 bits per heavy atom. The van der Waals surface area contributed by atoms with Gasteiger partial charge in [-0.2, -0.15) is 0 Å². The highest BCUT2D eigenvalue weighted by molar-refractivity contribution is 5.80. The average molecular weight is 421 g/mol. The van der Waals surface area contributed by atoms with Crippen LogP contribution in [0.25, 0.3) is 0 Å². The zero-order chi connectivity index (χ0) is 21.5. The molecule has 1 saturated heterocycles. The first-order chi connectivity index (χ1) is 15.2. The molecule has 3 amide bonds. The summed E-state index contributed by atoms with van der Waals surface area (Å²) in [6, 6.07) is 14.0. The van der Waals surface area contributed by atoms with E-state index in [1.54, 1.807) is 12.4 Å². The zero-order valence-electron chi connectivity index (χ0n) is 18.0. The molecule has 1 atom stereocenters. The first-order valence-corrected chi connectivity index (χ1v) is 11.5. The predicted octanol–water partition coefficient (Wildman–Crippen LogP) is 4.04. The highest BCUT2D eigenvalue weighted by atomic mass is 16.2. The summed E-state index contributed by atoms with van der Waals surface area (Å²) in [7, 11) is 0. The number of carbonyl (C=O) groups is 2. The first kappa shape index (κ1) is 21.3. The molecular formula is C25H32N4O2. The molecule has 6 heteroatoms. The lowest BCUT2D eigenvalue weighted by Gasteiger charge is -2.34. The smallest absolute Gasteiger partial charge is 0.317 e. The van der Waals surface area contributed by atoms with Gasteiger partial charge in [-0.3, -0.25) is 9.78 Å². The van der Waals surface area contributed by atoms with Gasteiger partial charge >= 0.3 is 6.03 Å². The maximum atomic E-state index is 13.1. The highest BCUT2D eigenvalue weighted by Gasteiger charge is 2.30. The number of hydrogen-bond acceptors (Lipinski definition) is 3. The topological polar surface area (TPSA) is 74.3 Å². The lowest BCUT2D eigenvalue weighted by molar-refractivity contribution is -0.126. The van der Waals surface area contributed by atoms with Crippen LogP contribution in [-0.4, -0.2) is 41.0 Å². The molecule has 164 valence electrons. The summed E-state index contributed by atoms with van der Waals surface area (Å²) in [6.45, 7) is 1.25. The molecule has 0 bridgehead atoms. The number of hydrogen-bond donors (Lipinski definition) is 2. The molecule has 1 aromatic heterocycles. The molecule has 1 saturated carbocycles. The Balaban J connectivity index is 1.33. The molecule has 31 heavy (non-hydrogen) atoms. The van der Waals surface area contributed by atoms with Crippen molar-refractivity contribution in [1.82, 2.24) is 20.5 Å². The van der Waals surface area contributed by atoms with Crippen molar-refractivity contribution in [1.29, 1.82) is 0 Å². The number of nitrogens with one attached hydrogen (secondary N) is 2. The fourth-order valence-corrected chi connectivity index (χ4v) is 4.67. The van der Waals surface area contributed by atoms with Crippen LogP contribution in [0.5, 0.6) is 0 Å². The molecular weight excluding hydrogens is 388 g/mol. The van der Waals surface area contributed by atoms with Gasteiger partial charge in [0, 0.05) is 37.4 Å². The van der Waals surface area contributed by atoms with Crippen molar-refractivity contribution in [3.63, 3.8) is 0 Å². The van der Waals surface area contributed by atoms with Crippen molar-refractivity contribution in [2.45, 2.75) is 57.0 Å². The van der Waals surface area contributed by atoms with Crippen LogP contribution < -0.4 is 10.6 Å². The minimum Gasteiger partial charge on any atom is -0.345 e. The van der Waals surface area contributed by atoms with Crippen LogP contribution in [-0.2, 0) is 4.79 Å². The average Bonchev–Trinajstić information content (AvgIpc) is 2.84. The molecule has 2 aromatic rings.